The molecule has 0 aliphatic carbocycles. The Morgan fingerprint density at radius 2 is 2.00 bits per heavy atom. The van der Waals surface area contributed by atoms with Gasteiger partial charge in [-0.25, -0.2) is 0 Å². The number of rotatable bonds is 4. The summed E-state index contributed by atoms with van der Waals surface area (Å²) in [6.07, 6.45) is 0. The Balaban J connectivity index is 4.23. The first-order valence-corrected chi connectivity index (χ1v) is 7.16. The molecule has 0 saturated carbocycles. The lowest BCUT2D eigenvalue weighted by Crippen LogP contribution is -2.39. The smallest absolute Gasteiger partial charge is 0.307 e. The number of carbonyl (C=O) groups is 1. The van der Waals surface area contributed by atoms with E-state index in [0.717, 1.165) is 0 Å². The quantitative estimate of drug-likeness (QED) is 0.501. The molecule has 0 aliphatic heterocycles. The summed E-state index contributed by atoms with van der Waals surface area (Å²) in [6.45, 7) is 8.53. The maximum Gasteiger partial charge on any atom is 0.307 e. The molecule has 0 amide bonds. The fourth-order valence-corrected chi connectivity index (χ4v) is 2.64. The third kappa shape index (κ3) is 2.95. The molecule has 1 atom stereocenters. The maximum atomic E-state index is 11.2. The molecule has 0 N–H and O–H groups in total. The van der Waals surface area contributed by atoms with Crippen molar-refractivity contribution in [3.8, 4) is 0 Å². The molecular weight excluding hydrogens is 172 g/mol. The van der Waals surface area contributed by atoms with Crippen molar-refractivity contribution in [1.82, 2.24) is 0 Å². The molecule has 0 saturated heterocycles. The zero-order valence-corrected chi connectivity index (χ0v) is 9.51. The first-order chi connectivity index (χ1) is 5.45. The van der Waals surface area contributed by atoms with Gasteiger partial charge in [-0.15, -0.1) is 0 Å². The van der Waals surface area contributed by atoms with Crippen LogP contribution in [-0.4, -0.2) is 28.0 Å². The molecule has 0 bridgehead atoms. The summed E-state index contributed by atoms with van der Waals surface area (Å²) in [6, 6.07) is 0. The highest BCUT2D eigenvalue weighted by molar-refractivity contribution is 6.75. The van der Waals surface area contributed by atoms with Gasteiger partial charge in [-0.05, 0) is 20.0 Å². The van der Waals surface area contributed by atoms with Crippen molar-refractivity contribution in [1.29, 1.82) is 0 Å². The van der Waals surface area contributed by atoms with Gasteiger partial charge in [-0.2, -0.15) is 0 Å². The summed E-state index contributed by atoms with van der Waals surface area (Å²) < 4.78 is 10.2. The van der Waals surface area contributed by atoms with E-state index in [4.69, 9.17) is 4.43 Å². The summed E-state index contributed by atoms with van der Waals surface area (Å²) in [5.41, 5.74) is -0.0950. The average Bonchev–Trinajstić information content (AvgIpc) is 2.01. The zero-order valence-electron chi connectivity index (χ0n) is 8.51. The summed E-state index contributed by atoms with van der Waals surface area (Å²) in [7, 11) is -0.453. The second-order valence-electron chi connectivity index (χ2n) is 3.28. The number of hydrogen-bond acceptors (Lipinski definition) is 3. The second-order valence-corrected chi connectivity index (χ2v) is 7.64. The standard InChI is InChI=1S/C8H18O3Si/c1-6-11-12(4,5)7(2)8(9)10-3/h7H,6H2,1-5H3. The normalized spacial score (nSPS) is 14.1. The fourth-order valence-electron chi connectivity index (χ4n) is 0.958. The van der Waals surface area contributed by atoms with Crippen molar-refractivity contribution in [2.75, 3.05) is 13.7 Å². The molecule has 0 aromatic heterocycles. The molecule has 0 spiro atoms. The van der Waals surface area contributed by atoms with E-state index in [-0.39, 0.29) is 11.5 Å². The van der Waals surface area contributed by atoms with Gasteiger partial charge in [0.1, 0.15) is 0 Å². The summed E-state index contributed by atoms with van der Waals surface area (Å²) in [5.74, 6) is -0.167. The van der Waals surface area contributed by atoms with Crippen LogP contribution < -0.4 is 0 Å². The van der Waals surface area contributed by atoms with E-state index in [1.165, 1.54) is 7.11 Å². The third-order valence-corrected chi connectivity index (χ3v) is 5.47. The molecule has 12 heavy (non-hydrogen) atoms. The van der Waals surface area contributed by atoms with Crippen LogP contribution in [0.2, 0.25) is 18.6 Å². The highest BCUT2D eigenvalue weighted by atomic mass is 28.4. The largest absolute Gasteiger partial charge is 0.469 e. The van der Waals surface area contributed by atoms with Crippen LogP contribution in [0.5, 0.6) is 0 Å². The summed E-state index contributed by atoms with van der Waals surface area (Å²) in [4.78, 5) is 11.2. The third-order valence-electron chi connectivity index (χ3n) is 2.11. The lowest BCUT2D eigenvalue weighted by molar-refractivity contribution is -0.140. The van der Waals surface area contributed by atoms with Crippen molar-refractivity contribution in [2.24, 2.45) is 0 Å². The van der Waals surface area contributed by atoms with Crippen LogP contribution >= 0.6 is 0 Å². The van der Waals surface area contributed by atoms with Crippen LogP contribution in [0, 0.1) is 0 Å². The van der Waals surface area contributed by atoms with Crippen molar-refractivity contribution in [2.45, 2.75) is 32.5 Å². The molecule has 0 aliphatic rings. The minimum atomic E-state index is -1.87. The van der Waals surface area contributed by atoms with E-state index in [1.54, 1.807) is 0 Å². The van der Waals surface area contributed by atoms with E-state index in [1.807, 2.05) is 26.9 Å². The SMILES string of the molecule is CCO[Si](C)(C)C(C)C(=O)OC. The van der Waals surface area contributed by atoms with Gasteiger partial charge in [-0.1, -0.05) is 6.92 Å². The average molecular weight is 190 g/mol. The number of methoxy groups -OCH3 is 1. The van der Waals surface area contributed by atoms with Crippen LogP contribution in [0.25, 0.3) is 0 Å². The Kier molecular flexibility index (Phi) is 4.48. The highest BCUT2D eigenvalue weighted by Gasteiger charge is 2.35. The number of hydrogen-bond donors (Lipinski definition) is 0. The van der Waals surface area contributed by atoms with E-state index >= 15 is 0 Å². The number of ether oxygens (including phenoxy) is 1. The van der Waals surface area contributed by atoms with Crippen molar-refractivity contribution >= 4 is 14.3 Å². The van der Waals surface area contributed by atoms with Crippen LogP contribution in [0.1, 0.15) is 13.8 Å². The Hall–Kier alpha value is -0.353. The zero-order chi connectivity index (χ0) is 9.78. The van der Waals surface area contributed by atoms with Gasteiger partial charge in [0.15, 0.2) is 8.32 Å². The van der Waals surface area contributed by atoms with E-state index < -0.39 is 8.32 Å². The molecule has 0 aromatic carbocycles. The van der Waals surface area contributed by atoms with Crippen molar-refractivity contribution in [3.05, 3.63) is 0 Å². The van der Waals surface area contributed by atoms with E-state index in [9.17, 15) is 4.79 Å². The fraction of sp³-hybridized carbons (Fsp3) is 0.875. The molecule has 0 heterocycles. The number of carbonyl (C=O) groups excluding carboxylic acids is 1. The molecular formula is C8H18O3Si. The molecule has 0 aromatic rings. The Bertz CT molecular complexity index is 156. The minimum Gasteiger partial charge on any atom is -0.469 e. The van der Waals surface area contributed by atoms with Crippen LogP contribution in [0.3, 0.4) is 0 Å². The second kappa shape index (κ2) is 4.62. The maximum absolute atomic E-state index is 11.2. The molecule has 0 fully saturated rings. The van der Waals surface area contributed by atoms with Gasteiger partial charge in [-0.3, -0.25) is 4.79 Å². The molecule has 4 heteroatoms. The Morgan fingerprint density at radius 3 is 2.33 bits per heavy atom. The topological polar surface area (TPSA) is 35.5 Å². The summed E-state index contributed by atoms with van der Waals surface area (Å²) in [5, 5.41) is 0. The number of esters is 1. The Morgan fingerprint density at radius 1 is 1.50 bits per heavy atom. The first-order valence-electron chi connectivity index (χ1n) is 4.17. The molecule has 1 unspecified atom stereocenters. The molecule has 3 nitrogen and oxygen atoms in total. The summed E-state index contributed by atoms with van der Waals surface area (Å²) >= 11 is 0. The molecule has 0 radical (unpaired) electrons. The first kappa shape index (κ1) is 11.6. The van der Waals surface area contributed by atoms with Gasteiger partial charge in [0.2, 0.25) is 0 Å². The molecule has 72 valence electrons. The monoisotopic (exact) mass is 190 g/mol. The van der Waals surface area contributed by atoms with Crippen LogP contribution in [0.4, 0.5) is 0 Å². The van der Waals surface area contributed by atoms with Crippen LogP contribution in [0.15, 0.2) is 0 Å². The highest BCUT2D eigenvalue weighted by Crippen LogP contribution is 2.23. The van der Waals surface area contributed by atoms with Gasteiger partial charge in [0.25, 0.3) is 0 Å². The van der Waals surface area contributed by atoms with Gasteiger partial charge in [0.05, 0.1) is 12.7 Å². The minimum absolute atomic E-state index is 0.0950. The van der Waals surface area contributed by atoms with Crippen molar-refractivity contribution in [3.63, 3.8) is 0 Å². The molecule has 0 rings (SSSR count). The lowest BCUT2D eigenvalue weighted by atomic mass is 10.5. The Labute approximate surface area is 75.2 Å². The predicted molar refractivity (Wildman–Crippen MR) is 50.5 cm³/mol. The predicted octanol–water partition coefficient (Wildman–Crippen LogP) is 1.79. The van der Waals surface area contributed by atoms with Gasteiger partial charge >= 0.3 is 5.97 Å². The van der Waals surface area contributed by atoms with Gasteiger partial charge < -0.3 is 9.16 Å². The van der Waals surface area contributed by atoms with Crippen molar-refractivity contribution < 1.29 is 14.0 Å². The van der Waals surface area contributed by atoms with E-state index in [2.05, 4.69) is 4.74 Å². The lowest BCUT2D eigenvalue weighted by Gasteiger charge is -2.26. The van der Waals surface area contributed by atoms with Crippen LogP contribution in [-0.2, 0) is 14.0 Å². The van der Waals surface area contributed by atoms with Gasteiger partial charge in [0, 0.05) is 6.61 Å². The van der Waals surface area contributed by atoms with E-state index in [0.29, 0.717) is 6.61 Å².